The zero-order chi connectivity index (χ0) is 13.8. The first kappa shape index (κ1) is 14.2. The van der Waals surface area contributed by atoms with E-state index < -0.39 is 0 Å². The summed E-state index contributed by atoms with van der Waals surface area (Å²) in [4.78, 5) is 2.52. The Labute approximate surface area is 116 Å². The monoisotopic (exact) mass is 263 g/mol. The first-order valence-electron chi connectivity index (χ1n) is 7.30. The molecule has 1 saturated heterocycles. The van der Waals surface area contributed by atoms with Crippen molar-refractivity contribution in [1.29, 1.82) is 0 Å². The van der Waals surface area contributed by atoms with Crippen LogP contribution in [0, 0.1) is 5.92 Å². The van der Waals surface area contributed by atoms with Crippen molar-refractivity contribution >= 4 is 0 Å². The van der Waals surface area contributed by atoms with Crippen molar-refractivity contribution in [1.82, 2.24) is 4.90 Å². The average molecular weight is 263 g/mol. The van der Waals surface area contributed by atoms with Crippen molar-refractivity contribution in [2.24, 2.45) is 5.92 Å². The summed E-state index contributed by atoms with van der Waals surface area (Å²) in [5.74, 6) is 1.58. The number of nitrogens with zero attached hydrogens (tertiary/aromatic N) is 1. The van der Waals surface area contributed by atoms with Gasteiger partial charge in [-0.15, -0.1) is 0 Å². The van der Waals surface area contributed by atoms with Gasteiger partial charge in [0.2, 0.25) is 0 Å². The van der Waals surface area contributed by atoms with Crippen molar-refractivity contribution < 1.29 is 9.84 Å². The smallest absolute Gasteiger partial charge is 0.161 e. The molecule has 1 aromatic carbocycles. The summed E-state index contributed by atoms with van der Waals surface area (Å²) in [6.07, 6.45) is 2.61. The lowest BCUT2D eigenvalue weighted by Crippen LogP contribution is -2.41. The number of rotatable bonds is 4. The number of hydrogen-bond donors (Lipinski definition) is 1. The van der Waals surface area contributed by atoms with Gasteiger partial charge >= 0.3 is 0 Å². The number of phenols is 1. The minimum Gasteiger partial charge on any atom is -0.504 e. The molecule has 1 aliphatic rings. The van der Waals surface area contributed by atoms with Crippen LogP contribution in [0.2, 0.25) is 0 Å². The zero-order valence-electron chi connectivity index (χ0n) is 12.2. The van der Waals surface area contributed by atoms with Crippen LogP contribution in [0.4, 0.5) is 0 Å². The molecule has 0 aromatic heterocycles. The molecule has 0 spiro atoms. The predicted molar refractivity (Wildman–Crippen MR) is 77.5 cm³/mol. The van der Waals surface area contributed by atoms with Crippen LogP contribution in [-0.2, 0) is 6.54 Å². The number of aromatic hydroxyl groups is 1. The molecular formula is C16H25NO2. The van der Waals surface area contributed by atoms with Crippen LogP contribution in [0.3, 0.4) is 0 Å². The van der Waals surface area contributed by atoms with Crippen molar-refractivity contribution in [3.63, 3.8) is 0 Å². The molecule has 2 rings (SSSR count). The Morgan fingerprint density at radius 1 is 1.37 bits per heavy atom. The fraction of sp³-hybridized carbons (Fsp3) is 0.625. The van der Waals surface area contributed by atoms with Gasteiger partial charge in [0, 0.05) is 12.6 Å². The molecule has 1 N–H and O–H groups in total. The van der Waals surface area contributed by atoms with Gasteiger partial charge in [-0.3, -0.25) is 4.90 Å². The molecule has 0 bridgehead atoms. The van der Waals surface area contributed by atoms with Crippen LogP contribution < -0.4 is 4.74 Å². The van der Waals surface area contributed by atoms with Crippen molar-refractivity contribution in [2.45, 2.75) is 46.2 Å². The molecular weight excluding hydrogens is 238 g/mol. The summed E-state index contributed by atoms with van der Waals surface area (Å²) in [5.41, 5.74) is 1.21. The molecule has 1 aromatic rings. The van der Waals surface area contributed by atoms with E-state index >= 15 is 0 Å². The van der Waals surface area contributed by atoms with Crippen molar-refractivity contribution in [2.75, 3.05) is 13.2 Å². The lowest BCUT2D eigenvalue weighted by molar-refractivity contribution is 0.106. The van der Waals surface area contributed by atoms with Gasteiger partial charge in [0.15, 0.2) is 11.5 Å². The highest BCUT2D eigenvalue weighted by Crippen LogP contribution is 2.29. The number of ether oxygens (including phenoxy) is 1. The summed E-state index contributed by atoms with van der Waals surface area (Å²) in [7, 11) is 0. The van der Waals surface area contributed by atoms with Gasteiger partial charge in [-0.05, 0) is 56.8 Å². The highest BCUT2D eigenvalue weighted by Gasteiger charge is 2.24. The Hall–Kier alpha value is -1.22. The molecule has 0 amide bonds. The molecule has 106 valence electrons. The molecule has 2 atom stereocenters. The minimum absolute atomic E-state index is 0.227. The van der Waals surface area contributed by atoms with Gasteiger partial charge in [-0.25, -0.2) is 0 Å². The van der Waals surface area contributed by atoms with Crippen LogP contribution in [0.25, 0.3) is 0 Å². The standard InChI is InChI=1S/C16H25NO2/c1-4-19-16-10-14(7-8-15(16)18)11-17-9-5-6-12(2)13(17)3/h7-8,10,12-13,18H,4-6,9,11H2,1-3H3. The summed E-state index contributed by atoms with van der Waals surface area (Å²) >= 11 is 0. The Morgan fingerprint density at radius 2 is 2.16 bits per heavy atom. The average Bonchev–Trinajstić information content (AvgIpc) is 2.39. The molecule has 2 unspecified atom stereocenters. The van der Waals surface area contributed by atoms with E-state index in [1.165, 1.54) is 18.4 Å². The molecule has 0 aliphatic carbocycles. The molecule has 0 saturated carbocycles. The third-order valence-corrected chi connectivity index (χ3v) is 4.21. The van der Waals surface area contributed by atoms with Crippen LogP contribution >= 0.6 is 0 Å². The van der Waals surface area contributed by atoms with Gasteiger partial charge in [-0.1, -0.05) is 13.0 Å². The predicted octanol–water partition coefficient (Wildman–Crippen LogP) is 3.41. The van der Waals surface area contributed by atoms with Gasteiger partial charge in [0.25, 0.3) is 0 Å². The summed E-state index contributed by atoms with van der Waals surface area (Å²) in [6, 6.07) is 6.31. The molecule has 19 heavy (non-hydrogen) atoms. The van der Waals surface area contributed by atoms with Crippen LogP contribution in [0.15, 0.2) is 18.2 Å². The van der Waals surface area contributed by atoms with E-state index in [1.54, 1.807) is 6.07 Å². The largest absolute Gasteiger partial charge is 0.504 e. The summed E-state index contributed by atoms with van der Waals surface area (Å²) in [5, 5.41) is 9.73. The van der Waals surface area contributed by atoms with E-state index in [0.717, 1.165) is 19.0 Å². The Bertz CT molecular complexity index is 419. The van der Waals surface area contributed by atoms with Gasteiger partial charge in [0.05, 0.1) is 6.61 Å². The highest BCUT2D eigenvalue weighted by atomic mass is 16.5. The quantitative estimate of drug-likeness (QED) is 0.903. The number of benzene rings is 1. The maximum atomic E-state index is 9.73. The van der Waals surface area contributed by atoms with Crippen molar-refractivity contribution in [3.05, 3.63) is 23.8 Å². The minimum atomic E-state index is 0.227. The van der Waals surface area contributed by atoms with Crippen LogP contribution in [0.5, 0.6) is 11.5 Å². The van der Waals surface area contributed by atoms with Gasteiger partial charge in [0.1, 0.15) is 0 Å². The summed E-state index contributed by atoms with van der Waals surface area (Å²) < 4.78 is 5.45. The molecule has 1 aliphatic heterocycles. The van der Waals surface area contributed by atoms with E-state index in [2.05, 4.69) is 18.7 Å². The fourth-order valence-corrected chi connectivity index (χ4v) is 2.81. The number of hydrogen-bond acceptors (Lipinski definition) is 3. The Kier molecular flexibility index (Phi) is 4.70. The van der Waals surface area contributed by atoms with Crippen LogP contribution in [0.1, 0.15) is 39.2 Å². The Balaban J connectivity index is 2.08. The fourth-order valence-electron chi connectivity index (χ4n) is 2.81. The third kappa shape index (κ3) is 3.41. The normalized spacial score (nSPS) is 24.4. The molecule has 1 heterocycles. The first-order valence-corrected chi connectivity index (χ1v) is 7.30. The molecule has 3 heteroatoms. The topological polar surface area (TPSA) is 32.7 Å². The van der Waals surface area contributed by atoms with E-state index in [1.807, 2.05) is 19.1 Å². The maximum absolute atomic E-state index is 9.73. The highest BCUT2D eigenvalue weighted by molar-refractivity contribution is 5.41. The van der Waals surface area contributed by atoms with E-state index in [9.17, 15) is 5.11 Å². The first-order chi connectivity index (χ1) is 9.11. The Morgan fingerprint density at radius 3 is 2.89 bits per heavy atom. The molecule has 0 radical (unpaired) electrons. The number of phenolic OH excluding ortho intramolecular Hbond substituents is 1. The molecule has 1 fully saturated rings. The van der Waals surface area contributed by atoms with Gasteiger partial charge in [-0.2, -0.15) is 0 Å². The second kappa shape index (κ2) is 6.29. The van der Waals surface area contributed by atoms with E-state index in [0.29, 0.717) is 18.4 Å². The van der Waals surface area contributed by atoms with E-state index in [-0.39, 0.29) is 5.75 Å². The number of likely N-dealkylation sites (tertiary alicyclic amines) is 1. The lowest BCUT2D eigenvalue weighted by Gasteiger charge is -2.38. The molecule has 3 nitrogen and oxygen atoms in total. The maximum Gasteiger partial charge on any atom is 0.161 e. The van der Waals surface area contributed by atoms with Crippen molar-refractivity contribution in [3.8, 4) is 11.5 Å². The number of piperidine rings is 1. The van der Waals surface area contributed by atoms with Gasteiger partial charge < -0.3 is 9.84 Å². The zero-order valence-corrected chi connectivity index (χ0v) is 12.2. The SMILES string of the molecule is CCOc1cc(CN2CCCC(C)C2C)ccc1O. The van der Waals surface area contributed by atoms with E-state index in [4.69, 9.17) is 4.74 Å². The van der Waals surface area contributed by atoms with Crippen LogP contribution in [-0.4, -0.2) is 29.2 Å². The summed E-state index contributed by atoms with van der Waals surface area (Å²) in [6.45, 7) is 9.25. The second-order valence-corrected chi connectivity index (χ2v) is 5.57. The third-order valence-electron chi connectivity index (χ3n) is 4.21. The second-order valence-electron chi connectivity index (χ2n) is 5.57. The lowest BCUT2D eigenvalue weighted by atomic mass is 9.92.